The Balaban J connectivity index is 0.00000161. The van der Waals surface area contributed by atoms with Crippen LogP contribution in [0.2, 0.25) is 0 Å². The first-order valence-corrected chi connectivity index (χ1v) is 5.85. The number of phenolic OH excluding ortho intramolecular Hbond substituents is 2. The first-order chi connectivity index (χ1) is 9.58. The summed E-state index contributed by atoms with van der Waals surface area (Å²) in [6, 6.07) is 10.7. The molecule has 6 nitrogen and oxygen atoms in total. The number of phenols is 2. The number of rotatable bonds is 1. The number of fused-ring (bicyclic) bond motifs is 1. The van der Waals surface area contributed by atoms with Crippen molar-refractivity contribution in [1.29, 1.82) is 0 Å². The van der Waals surface area contributed by atoms with E-state index in [1.807, 2.05) is 0 Å². The minimum absolute atomic E-state index is 0. The van der Waals surface area contributed by atoms with Crippen molar-refractivity contribution in [2.24, 2.45) is 0 Å². The molecule has 1 heterocycles. The van der Waals surface area contributed by atoms with Gasteiger partial charge in [0, 0.05) is 12.1 Å². The van der Waals surface area contributed by atoms with Crippen LogP contribution < -0.4 is 5.63 Å². The van der Waals surface area contributed by atoms with Crippen molar-refractivity contribution in [3.63, 3.8) is 0 Å². The molecule has 0 aliphatic carbocycles. The third-order valence-electron chi connectivity index (χ3n) is 3.01. The summed E-state index contributed by atoms with van der Waals surface area (Å²) in [5, 5.41) is 29.4. The largest absolute Gasteiger partial charge is 0.508 e. The molecule has 2 aromatic carbocycles. The Morgan fingerprint density at radius 2 is 1.62 bits per heavy atom. The van der Waals surface area contributed by atoms with Gasteiger partial charge in [0.1, 0.15) is 33.8 Å². The molecule has 0 fully saturated rings. The molecule has 0 spiro atoms. The highest BCUT2D eigenvalue weighted by atomic mass is 16.4. The van der Waals surface area contributed by atoms with Gasteiger partial charge in [-0.1, -0.05) is 30.3 Å². The molecule has 0 amide bonds. The maximum absolute atomic E-state index is 12.0. The van der Waals surface area contributed by atoms with Crippen LogP contribution in [0.5, 0.6) is 17.2 Å². The van der Waals surface area contributed by atoms with Crippen molar-refractivity contribution in [2.75, 3.05) is 0 Å². The fourth-order valence-corrected chi connectivity index (χ4v) is 2.14. The minimum atomic E-state index is -0.744. The zero-order valence-electron chi connectivity index (χ0n) is 10.7. The maximum atomic E-state index is 12.0. The predicted molar refractivity (Wildman–Crippen MR) is 76.5 cm³/mol. The molecule has 3 rings (SSSR count). The average Bonchev–Trinajstić information content (AvgIpc) is 2.38. The molecule has 0 saturated carbocycles. The smallest absolute Gasteiger partial charge is 0.347 e. The second kappa shape index (κ2) is 5.18. The van der Waals surface area contributed by atoms with E-state index in [-0.39, 0.29) is 39.3 Å². The van der Waals surface area contributed by atoms with Crippen LogP contribution in [0.4, 0.5) is 0 Å². The van der Waals surface area contributed by atoms with Crippen LogP contribution in [-0.2, 0) is 0 Å². The van der Waals surface area contributed by atoms with E-state index in [0.29, 0.717) is 5.56 Å². The van der Waals surface area contributed by atoms with Crippen LogP contribution in [0.25, 0.3) is 22.1 Å². The predicted octanol–water partition coefficient (Wildman–Crippen LogP) is 1.75. The third kappa shape index (κ3) is 2.28. The molecule has 0 aliphatic heterocycles. The molecule has 0 radical (unpaired) electrons. The molecule has 0 unspecified atom stereocenters. The van der Waals surface area contributed by atoms with Crippen LogP contribution >= 0.6 is 0 Å². The summed E-state index contributed by atoms with van der Waals surface area (Å²) in [5.74, 6) is -0.997. The monoisotopic (exact) mass is 288 g/mol. The zero-order chi connectivity index (χ0) is 14.3. The molecule has 0 atom stereocenters. The van der Waals surface area contributed by atoms with Gasteiger partial charge in [-0.2, -0.15) is 0 Å². The van der Waals surface area contributed by atoms with E-state index >= 15 is 0 Å². The first kappa shape index (κ1) is 14.4. The van der Waals surface area contributed by atoms with Crippen molar-refractivity contribution in [2.45, 2.75) is 0 Å². The number of aromatic hydroxyl groups is 3. The lowest BCUT2D eigenvalue weighted by molar-refractivity contribution is 0.441. The second-order valence-corrected chi connectivity index (χ2v) is 4.32. The molecule has 0 saturated heterocycles. The van der Waals surface area contributed by atoms with Crippen LogP contribution in [0.3, 0.4) is 0 Å². The SMILES string of the molecule is O.O=c1oc2cc(O)cc(O)c2c(O)c1-c1ccccc1. The van der Waals surface area contributed by atoms with Crippen LogP contribution in [-0.4, -0.2) is 20.8 Å². The van der Waals surface area contributed by atoms with Crippen molar-refractivity contribution in [1.82, 2.24) is 0 Å². The molecule has 108 valence electrons. The van der Waals surface area contributed by atoms with Crippen molar-refractivity contribution >= 4 is 11.0 Å². The van der Waals surface area contributed by atoms with Crippen molar-refractivity contribution in [3.8, 4) is 28.4 Å². The van der Waals surface area contributed by atoms with Gasteiger partial charge >= 0.3 is 5.63 Å². The first-order valence-electron chi connectivity index (χ1n) is 5.85. The summed E-state index contributed by atoms with van der Waals surface area (Å²) in [6.07, 6.45) is 0. The molecule has 21 heavy (non-hydrogen) atoms. The lowest BCUT2D eigenvalue weighted by atomic mass is 10.0. The van der Waals surface area contributed by atoms with Gasteiger partial charge in [0.15, 0.2) is 0 Å². The molecule has 0 aliphatic rings. The summed E-state index contributed by atoms with van der Waals surface area (Å²) in [6.45, 7) is 0. The van der Waals surface area contributed by atoms with Gasteiger partial charge in [-0.15, -0.1) is 0 Å². The zero-order valence-corrected chi connectivity index (χ0v) is 10.7. The topological polar surface area (TPSA) is 122 Å². The van der Waals surface area contributed by atoms with E-state index in [1.165, 1.54) is 0 Å². The Morgan fingerprint density at radius 1 is 0.952 bits per heavy atom. The van der Waals surface area contributed by atoms with Gasteiger partial charge < -0.3 is 25.2 Å². The maximum Gasteiger partial charge on any atom is 0.347 e. The van der Waals surface area contributed by atoms with Gasteiger partial charge in [0.2, 0.25) is 0 Å². The lowest BCUT2D eigenvalue weighted by Crippen LogP contribution is -2.03. The van der Waals surface area contributed by atoms with E-state index in [0.717, 1.165) is 12.1 Å². The molecule has 5 N–H and O–H groups in total. The normalized spacial score (nSPS) is 10.3. The Labute approximate surface area is 118 Å². The van der Waals surface area contributed by atoms with Gasteiger partial charge in [-0.3, -0.25) is 0 Å². The van der Waals surface area contributed by atoms with E-state index in [4.69, 9.17) is 4.42 Å². The Hall–Kier alpha value is -2.99. The molecular weight excluding hydrogens is 276 g/mol. The number of hydrogen-bond acceptors (Lipinski definition) is 5. The second-order valence-electron chi connectivity index (χ2n) is 4.32. The van der Waals surface area contributed by atoms with Crippen LogP contribution in [0.15, 0.2) is 51.7 Å². The summed E-state index contributed by atoms with van der Waals surface area (Å²) in [5.41, 5.74) is -0.372. The average molecular weight is 288 g/mol. The number of hydrogen-bond donors (Lipinski definition) is 3. The molecule has 6 heteroatoms. The van der Waals surface area contributed by atoms with Crippen LogP contribution in [0, 0.1) is 0 Å². The van der Waals surface area contributed by atoms with Gasteiger partial charge in [0.05, 0.1) is 0 Å². The fraction of sp³-hybridized carbons (Fsp3) is 0. The van der Waals surface area contributed by atoms with Crippen LogP contribution in [0.1, 0.15) is 0 Å². The summed E-state index contributed by atoms with van der Waals surface area (Å²) in [7, 11) is 0. The van der Waals surface area contributed by atoms with E-state index in [9.17, 15) is 20.1 Å². The van der Waals surface area contributed by atoms with Crippen molar-refractivity contribution in [3.05, 3.63) is 52.9 Å². The van der Waals surface area contributed by atoms with Gasteiger partial charge in [-0.25, -0.2) is 4.79 Å². The standard InChI is InChI=1S/C15H10O5.H2O/c16-9-6-10(17)13-11(7-9)20-15(19)12(14(13)18)8-4-2-1-3-5-8;/h1-7,16-18H;1H2. The third-order valence-corrected chi connectivity index (χ3v) is 3.01. The Morgan fingerprint density at radius 3 is 2.29 bits per heavy atom. The minimum Gasteiger partial charge on any atom is -0.508 e. The molecular formula is C15H12O6. The quantitative estimate of drug-likeness (QED) is 0.589. The van der Waals surface area contributed by atoms with Gasteiger partial charge in [0.25, 0.3) is 0 Å². The highest BCUT2D eigenvalue weighted by Gasteiger charge is 2.18. The Bertz CT molecular complexity index is 851. The lowest BCUT2D eigenvalue weighted by Gasteiger charge is -2.08. The Kier molecular flexibility index (Phi) is 3.56. The number of benzene rings is 2. The van der Waals surface area contributed by atoms with E-state index in [1.54, 1.807) is 30.3 Å². The molecule has 3 aromatic rings. The van der Waals surface area contributed by atoms with Gasteiger partial charge in [-0.05, 0) is 5.56 Å². The summed E-state index contributed by atoms with van der Waals surface area (Å²) >= 11 is 0. The molecule has 0 bridgehead atoms. The van der Waals surface area contributed by atoms with E-state index < -0.39 is 5.63 Å². The highest BCUT2D eigenvalue weighted by Crippen LogP contribution is 2.39. The highest BCUT2D eigenvalue weighted by molar-refractivity contribution is 5.95. The summed E-state index contributed by atoms with van der Waals surface area (Å²) < 4.78 is 5.05. The summed E-state index contributed by atoms with van der Waals surface area (Å²) in [4.78, 5) is 12.0. The van der Waals surface area contributed by atoms with Crippen molar-refractivity contribution < 1.29 is 25.2 Å². The molecule has 1 aromatic heterocycles. The van der Waals surface area contributed by atoms with E-state index in [2.05, 4.69) is 0 Å². The fourth-order valence-electron chi connectivity index (χ4n) is 2.14.